The largest absolute Gasteiger partial charge is 0.152 e. The number of phenols is 1. The standard InChI is InChI=1S/C6H6O.C4H4S.Na.H/c7-6-4-2-1-3-5-6;1-2-4-5-3-1;;/h1-5,7H;1-4H;;. The van der Waals surface area contributed by atoms with Gasteiger partial charge in [-0.15, -0.1) is 0 Å². The van der Waals surface area contributed by atoms with Gasteiger partial charge < -0.3 is 5.11 Å². The molecular weight excluding hydrogens is 191 g/mol. The second-order valence-corrected chi connectivity index (χ2v) is 2.95. The van der Waals surface area contributed by atoms with Gasteiger partial charge in [0.15, 0.2) is 0 Å². The summed E-state index contributed by atoms with van der Waals surface area (Å²) in [7, 11) is 0. The molecule has 2 rings (SSSR count). The van der Waals surface area contributed by atoms with E-state index in [9.17, 15) is 0 Å². The van der Waals surface area contributed by atoms with Gasteiger partial charge >= 0.3 is 29.6 Å². The first kappa shape index (κ1) is 12.7. The summed E-state index contributed by atoms with van der Waals surface area (Å²) in [5, 5.41) is 12.7. The molecule has 0 aliphatic rings. The quantitative estimate of drug-likeness (QED) is 0.651. The van der Waals surface area contributed by atoms with Crippen molar-refractivity contribution in [3.63, 3.8) is 0 Å². The Kier molecular flexibility index (Phi) is 8.14. The van der Waals surface area contributed by atoms with E-state index in [0.717, 1.165) is 0 Å². The number of rotatable bonds is 0. The molecule has 0 atom stereocenters. The van der Waals surface area contributed by atoms with E-state index in [0.29, 0.717) is 5.75 Å². The molecule has 1 N–H and O–H groups in total. The molecule has 0 radical (unpaired) electrons. The van der Waals surface area contributed by atoms with Crippen molar-refractivity contribution in [2.24, 2.45) is 0 Å². The van der Waals surface area contributed by atoms with Crippen LogP contribution in [0.25, 0.3) is 0 Å². The van der Waals surface area contributed by atoms with E-state index in [1.165, 1.54) is 0 Å². The molecule has 1 aromatic heterocycles. The summed E-state index contributed by atoms with van der Waals surface area (Å²) in [6.45, 7) is 0. The second kappa shape index (κ2) is 8.32. The third kappa shape index (κ3) is 6.84. The summed E-state index contributed by atoms with van der Waals surface area (Å²) in [6.07, 6.45) is 0. The van der Waals surface area contributed by atoms with Gasteiger partial charge in [0.1, 0.15) is 5.75 Å². The van der Waals surface area contributed by atoms with Gasteiger partial charge in [-0.25, -0.2) is 0 Å². The molecule has 13 heavy (non-hydrogen) atoms. The van der Waals surface area contributed by atoms with Crippen molar-refractivity contribution in [3.05, 3.63) is 53.2 Å². The molecule has 0 unspecified atom stereocenters. The van der Waals surface area contributed by atoms with E-state index in [-0.39, 0.29) is 29.6 Å². The van der Waals surface area contributed by atoms with Gasteiger partial charge in [-0.05, 0) is 22.9 Å². The third-order valence-electron chi connectivity index (χ3n) is 1.18. The van der Waals surface area contributed by atoms with Crippen molar-refractivity contribution in [2.75, 3.05) is 0 Å². The maximum Gasteiger partial charge on any atom is -0.00934 e. The molecule has 0 fully saturated rings. The Morgan fingerprint density at radius 3 is 1.62 bits per heavy atom. The van der Waals surface area contributed by atoms with Crippen molar-refractivity contribution in [1.29, 1.82) is 0 Å². The minimum Gasteiger partial charge on any atom is -0.152 e. The van der Waals surface area contributed by atoms with E-state index in [4.69, 9.17) is 5.11 Å². The normalized spacial score (nSPS) is 7.69. The van der Waals surface area contributed by atoms with E-state index >= 15 is 0 Å². The average molecular weight is 202 g/mol. The maximum absolute atomic E-state index is 8.63. The Morgan fingerprint density at radius 1 is 0.846 bits per heavy atom. The molecule has 0 saturated heterocycles. The molecule has 0 bridgehead atoms. The molecule has 0 aliphatic carbocycles. The third-order valence-corrected chi connectivity index (χ3v) is 1.81. The molecule has 0 spiro atoms. The Bertz CT molecular complexity index is 264. The molecule has 64 valence electrons. The second-order valence-electron chi connectivity index (χ2n) is 2.13. The molecular formula is C10H11NaOS. The van der Waals surface area contributed by atoms with Crippen molar-refractivity contribution < 1.29 is 5.11 Å². The van der Waals surface area contributed by atoms with Gasteiger partial charge in [0.25, 0.3) is 0 Å². The predicted octanol–water partition coefficient (Wildman–Crippen LogP) is 2.49. The van der Waals surface area contributed by atoms with Gasteiger partial charge in [-0.3, -0.25) is 0 Å². The van der Waals surface area contributed by atoms with Crippen LogP contribution in [0.3, 0.4) is 0 Å². The van der Waals surface area contributed by atoms with Crippen LogP contribution in [0.4, 0.5) is 0 Å². The van der Waals surface area contributed by atoms with Gasteiger partial charge in [0.05, 0.1) is 0 Å². The SMILES string of the molecule is Oc1ccccc1.[NaH].c1ccsc1. The number of phenolic OH excluding ortho intramolecular Hbond substituents is 1. The number of hydrogen-bond donors (Lipinski definition) is 1. The zero-order chi connectivity index (χ0) is 8.65. The van der Waals surface area contributed by atoms with Crippen LogP contribution in [-0.4, -0.2) is 34.7 Å². The number of aromatic hydroxyl groups is 1. The fourth-order valence-electron chi connectivity index (χ4n) is 0.655. The molecule has 0 amide bonds. The van der Waals surface area contributed by atoms with E-state index in [1.807, 2.05) is 29.0 Å². The Balaban J connectivity index is 0.000000215. The zero-order valence-electron chi connectivity index (χ0n) is 6.55. The van der Waals surface area contributed by atoms with Gasteiger partial charge in [-0.2, -0.15) is 11.3 Å². The van der Waals surface area contributed by atoms with Crippen LogP contribution in [-0.2, 0) is 0 Å². The van der Waals surface area contributed by atoms with Crippen molar-refractivity contribution in [3.8, 4) is 5.75 Å². The van der Waals surface area contributed by atoms with Gasteiger partial charge in [-0.1, -0.05) is 30.3 Å². The summed E-state index contributed by atoms with van der Waals surface area (Å²) in [6, 6.07) is 12.7. The van der Waals surface area contributed by atoms with Crippen LogP contribution in [0.15, 0.2) is 53.2 Å². The topological polar surface area (TPSA) is 20.2 Å². The van der Waals surface area contributed by atoms with Crippen LogP contribution in [0.2, 0.25) is 0 Å². The average Bonchev–Trinajstić information content (AvgIpc) is 2.62. The number of thiophene rings is 1. The molecule has 3 heteroatoms. The monoisotopic (exact) mass is 202 g/mol. The van der Waals surface area contributed by atoms with Crippen molar-refractivity contribution >= 4 is 40.9 Å². The van der Waals surface area contributed by atoms with E-state index in [1.54, 1.807) is 35.6 Å². The van der Waals surface area contributed by atoms with Gasteiger partial charge in [0.2, 0.25) is 0 Å². The molecule has 2 aromatic rings. The minimum absolute atomic E-state index is 0. The molecule has 0 aliphatic heterocycles. The minimum atomic E-state index is 0. The van der Waals surface area contributed by atoms with Crippen LogP contribution in [0.5, 0.6) is 5.75 Å². The smallest absolute Gasteiger partial charge is 0.00934 e. The van der Waals surface area contributed by atoms with E-state index < -0.39 is 0 Å². The molecule has 1 aromatic carbocycles. The predicted molar refractivity (Wildman–Crippen MR) is 59.6 cm³/mol. The summed E-state index contributed by atoms with van der Waals surface area (Å²) in [4.78, 5) is 0. The Morgan fingerprint density at radius 2 is 1.38 bits per heavy atom. The summed E-state index contributed by atoms with van der Waals surface area (Å²) in [5.41, 5.74) is 0. The Hall–Kier alpha value is -0.280. The number of hydrogen-bond acceptors (Lipinski definition) is 2. The fraction of sp³-hybridized carbons (Fsp3) is 0. The number of benzene rings is 1. The summed E-state index contributed by atoms with van der Waals surface area (Å²) >= 11 is 1.71. The molecule has 1 nitrogen and oxygen atoms in total. The first-order valence-electron chi connectivity index (χ1n) is 3.61. The van der Waals surface area contributed by atoms with E-state index in [2.05, 4.69) is 0 Å². The first-order chi connectivity index (χ1) is 5.89. The first-order valence-corrected chi connectivity index (χ1v) is 4.55. The van der Waals surface area contributed by atoms with Crippen LogP contribution in [0.1, 0.15) is 0 Å². The molecule has 0 saturated carbocycles. The molecule has 1 heterocycles. The van der Waals surface area contributed by atoms with Crippen LogP contribution < -0.4 is 0 Å². The Labute approximate surface area is 104 Å². The van der Waals surface area contributed by atoms with Crippen molar-refractivity contribution in [2.45, 2.75) is 0 Å². The van der Waals surface area contributed by atoms with Gasteiger partial charge in [0, 0.05) is 0 Å². The fourth-order valence-corrected chi connectivity index (χ4v) is 1.11. The van der Waals surface area contributed by atoms with Crippen LogP contribution in [0, 0.1) is 0 Å². The van der Waals surface area contributed by atoms with Crippen molar-refractivity contribution in [1.82, 2.24) is 0 Å². The van der Waals surface area contributed by atoms with Crippen LogP contribution >= 0.6 is 11.3 Å². The number of para-hydroxylation sites is 1. The maximum atomic E-state index is 8.63. The summed E-state index contributed by atoms with van der Waals surface area (Å²) < 4.78 is 0. The zero-order valence-corrected chi connectivity index (χ0v) is 7.37. The summed E-state index contributed by atoms with van der Waals surface area (Å²) in [5.74, 6) is 0.322.